The van der Waals surface area contributed by atoms with Gasteiger partial charge < -0.3 is 16.4 Å². The van der Waals surface area contributed by atoms with Crippen LogP contribution in [0.15, 0.2) is 0 Å². The molecule has 0 aromatic carbocycles. The number of amides is 3. The van der Waals surface area contributed by atoms with Crippen LogP contribution in [-0.4, -0.2) is 29.8 Å². The molecule has 0 unspecified atom stereocenters. The molecular weight excluding hydrogens is 284 g/mol. The van der Waals surface area contributed by atoms with E-state index in [-0.39, 0.29) is 11.8 Å². The molecular formula is C15H26N4O3. The molecule has 7 nitrogen and oxygen atoms in total. The first-order valence-corrected chi connectivity index (χ1v) is 7.51. The van der Waals surface area contributed by atoms with Crippen molar-refractivity contribution in [3.8, 4) is 6.07 Å². The van der Waals surface area contributed by atoms with Crippen molar-refractivity contribution in [2.75, 3.05) is 0 Å². The first-order chi connectivity index (χ1) is 10.3. The van der Waals surface area contributed by atoms with Gasteiger partial charge >= 0.3 is 0 Å². The lowest BCUT2D eigenvalue weighted by Gasteiger charge is -2.22. The van der Waals surface area contributed by atoms with E-state index < -0.39 is 23.9 Å². The zero-order valence-electron chi connectivity index (χ0n) is 13.5. The van der Waals surface area contributed by atoms with Crippen LogP contribution < -0.4 is 16.4 Å². The summed E-state index contributed by atoms with van der Waals surface area (Å²) < 4.78 is 0. The van der Waals surface area contributed by atoms with Crippen molar-refractivity contribution in [2.45, 2.75) is 65.0 Å². The predicted octanol–water partition coefficient (Wildman–Crippen LogP) is 0.591. The molecule has 0 aliphatic rings. The van der Waals surface area contributed by atoms with E-state index in [9.17, 15) is 14.4 Å². The summed E-state index contributed by atoms with van der Waals surface area (Å²) in [6, 6.07) is 0.557. The Morgan fingerprint density at radius 2 is 1.77 bits per heavy atom. The van der Waals surface area contributed by atoms with Gasteiger partial charge in [0.15, 0.2) is 0 Å². The highest BCUT2D eigenvalue weighted by Crippen LogP contribution is 2.07. The zero-order valence-corrected chi connectivity index (χ0v) is 13.5. The molecule has 0 aromatic heterocycles. The number of hydrogen-bond acceptors (Lipinski definition) is 4. The topological polar surface area (TPSA) is 125 Å². The summed E-state index contributed by atoms with van der Waals surface area (Å²) in [5, 5.41) is 13.7. The largest absolute Gasteiger partial charge is 0.368 e. The number of carbonyl (C=O) groups excluding carboxylic acids is 3. The summed E-state index contributed by atoms with van der Waals surface area (Å²) in [6.45, 7) is 5.22. The Hall–Kier alpha value is -2.10. The third-order valence-electron chi connectivity index (χ3n) is 3.09. The number of nitriles is 1. The van der Waals surface area contributed by atoms with Gasteiger partial charge in [-0.2, -0.15) is 5.26 Å². The summed E-state index contributed by atoms with van der Waals surface area (Å²) in [6.07, 6.45) is 2.54. The summed E-state index contributed by atoms with van der Waals surface area (Å²) in [4.78, 5) is 34.8. The molecule has 0 aliphatic heterocycles. The van der Waals surface area contributed by atoms with Crippen molar-refractivity contribution in [1.82, 2.24) is 10.6 Å². The van der Waals surface area contributed by atoms with E-state index in [2.05, 4.69) is 10.6 Å². The number of nitrogens with two attached hydrogens (primary N) is 1. The van der Waals surface area contributed by atoms with Gasteiger partial charge in [-0.15, -0.1) is 0 Å². The highest BCUT2D eigenvalue weighted by molar-refractivity contribution is 5.91. The quantitative estimate of drug-likeness (QED) is 0.511. The molecule has 124 valence electrons. The van der Waals surface area contributed by atoms with E-state index in [4.69, 9.17) is 11.0 Å². The first-order valence-electron chi connectivity index (χ1n) is 7.51. The van der Waals surface area contributed by atoms with Crippen molar-refractivity contribution in [1.29, 1.82) is 5.26 Å². The lowest BCUT2D eigenvalue weighted by Crippen LogP contribution is -2.53. The normalized spacial score (nSPS) is 13.0. The molecule has 0 fully saturated rings. The molecule has 0 bridgehead atoms. The molecule has 22 heavy (non-hydrogen) atoms. The van der Waals surface area contributed by atoms with Crippen LogP contribution in [0.4, 0.5) is 0 Å². The third kappa shape index (κ3) is 8.95. The van der Waals surface area contributed by atoms with Crippen LogP contribution in [0.1, 0.15) is 52.9 Å². The molecule has 0 saturated heterocycles. The SMILES string of the molecule is CC(=O)N[C@@H](CC(C)C)C(=O)N[C@@H](CCCCC#N)C(N)=O. The lowest BCUT2D eigenvalue weighted by molar-refractivity contribution is -0.131. The molecule has 0 radical (unpaired) electrons. The van der Waals surface area contributed by atoms with Crippen LogP contribution in [-0.2, 0) is 14.4 Å². The van der Waals surface area contributed by atoms with E-state index in [0.717, 1.165) is 0 Å². The Kier molecular flexibility index (Phi) is 9.59. The zero-order chi connectivity index (χ0) is 17.1. The molecule has 0 aromatic rings. The van der Waals surface area contributed by atoms with Crippen LogP contribution in [0.5, 0.6) is 0 Å². The van der Waals surface area contributed by atoms with Crippen LogP contribution in [0.25, 0.3) is 0 Å². The molecule has 2 atom stereocenters. The number of carbonyl (C=O) groups is 3. The Morgan fingerprint density at radius 1 is 1.14 bits per heavy atom. The second kappa shape index (κ2) is 10.6. The smallest absolute Gasteiger partial charge is 0.243 e. The van der Waals surface area contributed by atoms with E-state index >= 15 is 0 Å². The fraction of sp³-hybridized carbons (Fsp3) is 0.733. The average molecular weight is 310 g/mol. The number of nitrogens with one attached hydrogen (secondary N) is 2. The number of primary amides is 1. The maximum Gasteiger partial charge on any atom is 0.243 e. The van der Waals surface area contributed by atoms with Crippen LogP contribution in [0.2, 0.25) is 0 Å². The molecule has 4 N–H and O–H groups in total. The molecule has 3 amide bonds. The van der Waals surface area contributed by atoms with Crippen LogP contribution >= 0.6 is 0 Å². The standard InChI is InChI=1S/C15H26N4O3/c1-10(2)9-13(18-11(3)20)15(22)19-12(14(17)21)7-5-4-6-8-16/h10,12-13H,4-7,9H2,1-3H3,(H2,17,21)(H,18,20)(H,19,22)/t12-,13-/m0/s1. The van der Waals surface area contributed by atoms with Crippen molar-refractivity contribution in [2.24, 2.45) is 11.7 Å². The van der Waals surface area contributed by atoms with Crippen molar-refractivity contribution in [3.05, 3.63) is 0 Å². The highest BCUT2D eigenvalue weighted by atomic mass is 16.2. The number of unbranched alkanes of at least 4 members (excludes halogenated alkanes) is 2. The van der Waals surface area contributed by atoms with Gasteiger partial charge in [0, 0.05) is 13.3 Å². The Labute approximate surface area is 131 Å². The van der Waals surface area contributed by atoms with E-state index in [1.165, 1.54) is 6.92 Å². The van der Waals surface area contributed by atoms with Gasteiger partial charge in [0.05, 0.1) is 6.07 Å². The van der Waals surface area contributed by atoms with Crippen LogP contribution in [0.3, 0.4) is 0 Å². The first kappa shape index (κ1) is 19.9. The number of hydrogen-bond donors (Lipinski definition) is 3. The van der Waals surface area contributed by atoms with Gasteiger partial charge in [0.2, 0.25) is 17.7 Å². The van der Waals surface area contributed by atoms with Crippen molar-refractivity contribution >= 4 is 17.7 Å². The Morgan fingerprint density at radius 3 is 2.23 bits per heavy atom. The minimum atomic E-state index is -0.783. The van der Waals surface area contributed by atoms with E-state index in [1.807, 2.05) is 19.9 Å². The molecule has 0 spiro atoms. The maximum atomic E-state index is 12.2. The summed E-state index contributed by atoms with van der Waals surface area (Å²) in [5.74, 6) is -1.11. The minimum absolute atomic E-state index is 0.213. The van der Waals surface area contributed by atoms with E-state index in [0.29, 0.717) is 32.1 Å². The summed E-state index contributed by atoms with van der Waals surface area (Å²) in [7, 11) is 0. The van der Waals surface area contributed by atoms with Gasteiger partial charge in [-0.1, -0.05) is 13.8 Å². The molecule has 0 rings (SSSR count). The van der Waals surface area contributed by atoms with Crippen molar-refractivity contribution < 1.29 is 14.4 Å². The number of rotatable bonds is 10. The molecule has 7 heteroatoms. The number of nitrogens with zero attached hydrogens (tertiary/aromatic N) is 1. The van der Waals surface area contributed by atoms with Crippen molar-refractivity contribution in [3.63, 3.8) is 0 Å². The molecule has 0 heterocycles. The van der Waals surface area contributed by atoms with Gasteiger partial charge in [0.25, 0.3) is 0 Å². The van der Waals surface area contributed by atoms with Gasteiger partial charge in [-0.05, 0) is 31.6 Å². The van der Waals surface area contributed by atoms with Crippen LogP contribution in [0, 0.1) is 17.2 Å². The second-order valence-corrected chi connectivity index (χ2v) is 5.75. The van der Waals surface area contributed by atoms with Gasteiger partial charge in [-0.25, -0.2) is 0 Å². The fourth-order valence-electron chi connectivity index (χ4n) is 2.06. The Bertz CT molecular complexity index is 429. The van der Waals surface area contributed by atoms with E-state index in [1.54, 1.807) is 0 Å². The lowest BCUT2D eigenvalue weighted by atomic mass is 10.0. The summed E-state index contributed by atoms with van der Waals surface area (Å²) in [5.41, 5.74) is 5.30. The average Bonchev–Trinajstić information content (AvgIpc) is 2.39. The maximum absolute atomic E-state index is 12.2. The second-order valence-electron chi connectivity index (χ2n) is 5.75. The molecule has 0 saturated carbocycles. The third-order valence-corrected chi connectivity index (χ3v) is 3.09. The highest BCUT2D eigenvalue weighted by Gasteiger charge is 2.25. The predicted molar refractivity (Wildman–Crippen MR) is 82.3 cm³/mol. The fourth-order valence-corrected chi connectivity index (χ4v) is 2.06. The van der Waals surface area contributed by atoms with Gasteiger partial charge in [0.1, 0.15) is 12.1 Å². The monoisotopic (exact) mass is 310 g/mol. The minimum Gasteiger partial charge on any atom is -0.368 e. The van der Waals surface area contributed by atoms with Gasteiger partial charge in [-0.3, -0.25) is 14.4 Å². The molecule has 0 aliphatic carbocycles. The summed E-state index contributed by atoms with van der Waals surface area (Å²) >= 11 is 0. The Balaban J connectivity index is 4.64.